The molecule has 33 heavy (non-hydrogen) atoms. The van der Waals surface area contributed by atoms with E-state index < -0.39 is 11.7 Å². The number of hydrogen-bond donors (Lipinski definition) is 0. The number of benzene rings is 1. The average Bonchev–Trinajstić information content (AvgIpc) is 3.45. The maximum atomic E-state index is 13.1. The van der Waals surface area contributed by atoms with Gasteiger partial charge in [-0.05, 0) is 45.0 Å². The summed E-state index contributed by atoms with van der Waals surface area (Å²) in [7, 11) is 0. The monoisotopic (exact) mass is 492 g/mol. The third-order valence-corrected chi connectivity index (χ3v) is 6.58. The normalized spacial score (nSPS) is 11.8. The lowest BCUT2D eigenvalue weighted by molar-refractivity contribution is -0.137. The molecule has 0 saturated carbocycles. The Morgan fingerprint density at radius 1 is 1.18 bits per heavy atom. The van der Waals surface area contributed by atoms with Crippen LogP contribution in [-0.2, 0) is 12.6 Å². The summed E-state index contributed by atoms with van der Waals surface area (Å²) in [6, 6.07) is 6.72. The van der Waals surface area contributed by atoms with Gasteiger partial charge in [-0.15, -0.1) is 21.5 Å². The number of halogens is 3. The lowest BCUT2D eigenvalue weighted by Gasteiger charge is -2.13. The van der Waals surface area contributed by atoms with Crippen molar-refractivity contribution in [1.29, 1.82) is 0 Å². The summed E-state index contributed by atoms with van der Waals surface area (Å²) >= 11 is 2.66. The number of nitrogens with zero attached hydrogens (tertiary/aromatic N) is 4. The molecule has 0 N–H and O–H groups in total. The molecule has 4 aromatic rings. The van der Waals surface area contributed by atoms with E-state index in [1.807, 2.05) is 12.3 Å². The minimum atomic E-state index is -4.44. The van der Waals surface area contributed by atoms with Crippen molar-refractivity contribution in [1.82, 2.24) is 19.7 Å². The number of alkyl halides is 3. The molecule has 0 radical (unpaired) electrons. The van der Waals surface area contributed by atoms with Crippen LogP contribution in [-0.4, -0.2) is 31.3 Å². The van der Waals surface area contributed by atoms with Crippen LogP contribution in [0.1, 0.15) is 43.9 Å². The van der Waals surface area contributed by atoms with E-state index >= 15 is 0 Å². The van der Waals surface area contributed by atoms with Gasteiger partial charge in [0.15, 0.2) is 5.78 Å². The molecule has 6 nitrogen and oxygen atoms in total. The second-order valence-corrected chi connectivity index (χ2v) is 9.37. The van der Waals surface area contributed by atoms with Gasteiger partial charge in [0.05, 0.1) is 28.4 Å². The molecule has 3 aromatic heterocycles. The van der Waals surface area contributed by atoms with E-state index in [0.29, 0.717) is 35.0 Å². The van der Waals surface area contributed by atoms with Crippen LogP contribution in [0, 0.1) is 20.8 Å². The van der Waals surface area contributed by atoms with E-state index in [1.54, 1.807) is 30.5 Å². The Morgan fingerprint density at radius 2 is 1.97 bits per heavy atom. The fraction of sp³-hybridized carbons (Fsp3) is 0.273. The number of rotatable bonds is 7. The fourth-order valence-corrected chi connectivity index (χ4v) is 4.76. The van der Waals surface area contributed by atoms with E-state index in [4.69, 9.17) is 4.42 Å². The molecule has 0 aliphatic rings. The van der Waals surface area contributed by atoms with E-state index in [0.717, 1.165) is 34.6 Å². The van der Waals surface area contributed by atoms with Crippen molar-refractivity contribution < 1.29 is 22.4 Å². The predicted octanol–water partition coefficient (Wildman–Crippen LogP) is 5.83. The second-order valence-electron chi connectivity index (χ2n) is 7.38. The number of carbonyl (C=O) groups excluding carboxylic acids is 1. The summed E-state index contributed by atoms with van der Waals surface area (Å²) in [6.07, 6.45) is -4.02. The van der Waals surface area contributed by atoms with Crippen LogP contribution in [0.3, 0.4) is 0 Å². The molecule has 0 aliphatic carbocycles. The molecule has 0 amide bonds. The van der Waals surface area contributed by atoms with Gasteiger partial charge in [0, 0.05) is 28.0 Å². The molecule has 0 atom stereocenters. The molecule has 3 heterocycles. The first-order valence-electron chi connectivity index (χ1n) is 9.88. The standard InChI is InChI=1S/C22H19F3N4O2S2/c1-12-7-18(13(2)29(12)17-6-4-5-15(8-17)22(23,24)25)19(30)11-33-21-28-27-20(31-21)9-16-10-32-14(3)26-16/h4-8,10H,9,11H2,1-3H3. The number of ketones is 1. The summed E-state index contributed by atoms with van der Waals surface area (Å²) in [6.45, 7) is 5.38. The van der Waals surface area contributed by atoms with Crippen LogP contribution in [0.5, 0.6) is 0 Å². The van der Waals surface area contributed by atoms with Crippen LogP contribution < -0.4 is 0 Å². The first-order chi connectivity index (χ1) is 15.6. The largest absolute Gasteiger partial charge is 0.416 e. The zero-order chi connectivity index (χ0) is 23.8. The Labute approximate surface area is 195 Å². The number of carbonyl (C=O) groups is 1. The molecule has 0 spiro atoms. The van der Waals surface area contributed by atoms with Crippen LogP contribution >= 0.6 is 23.1 Å². The zero-order valence-electron chi connectivity index (χ0n) is 17.9. The maximum absolute atomic E-state index is 13.1. The quantitative estimate of drug-likeness (QED) is 0.239. The molecule has 4 rings (SSSR count). The molecule has 0 fully saturated rings. The Kier molecular flexibility index (Phi) is 6.44. The first-order valence-corrected chi connectivity index (χ1v) is 11.7. The lowest BCUT2D eigenvalue weighted by Crippen LogP contribution is -2.08. The Balaban J connectivity index is 1.47. The summed E-state index contributed by atoms with van der Waals surface area (Å²) in [5.41, 5.74) is 2.13. The van der Waals surface area contributed by atoms with Gasteiger partial charge in [-0.2, -0.15) is 13.2 Å². The zero-order valence-corrected chi connectivity index (χ0v) is 19.6. The molecule has 0 bridgehead atoms. The highest BCUT2D eigenvalue weighted by molar-refractivity contribution is 7.99. The highest BCUT2D eigenvalue weighted by Gasteiger charge is 2.31. The second kappa shape index (κ2) is 9.14. The number of hydrogen-bond acceptors (Lipinski definition) is 7. The van der Waals surface area contributed by atoms with E-state index in [1.165, 1.54) is 17.4 Å². The topological polar surface area (TPSA) is 73.8 Å². The Hall–Kier alpha value is -2.92. The van der Waals surface area contributed by atoms with Gasteiger partial charge in [0.25, 0.3) is 5.22 Å². The van der Waals surface area contributed by atoms with Crippen molar-refractivity contribution in [3.05, 3.63) is 74.8 Å². The Morgan fingerprint density at radius 3 is 2.67 bits per heavy atom. The van der Waals surface area contributed by atoms with Crippen molar-refractivity contribution in [3.63, 3.8) is 0 Å². The van der Waals surface area contributed by atoms with Crippen LogP contribution in [0.15, 0.2) is 45.4 Å². The minimum absolute atomic E-state index is 0.0598. The van der Waals surface area contributed by atoms with Gasteiger partial charge < -0.3 is 8.98 Å². The van der Waals surface area contributed by atoms with Crippen molar-refractivity contribution >= 4 is 28.9 Å². The van der Waals surface area contributed by atoms with Crippen molar-refractivity contribution in [2.45, 2.75) is 38.6 Å². The molecule has 1 aromatic carbocycles. The molecule has 0 aliphatic heterocycles. The van der Waals surface area contributed by atoms with Crippen LogP contribution in [0.2, 0.25) is 0 Å². The van der Waals surface area contributed by atoms with Gasteiger partial charge in [-0.3, -0.25) is 4.79 Å². The van der Waals surface area contributed by atoms with Crippen LogP contribution in [0.4, 0.5) is 13.2 Å². The number of Topliss-reactive ketones (excluding diaryl/α,β-unsaturated/α-hetero) is 1. The van der Waals surface area contributed by atoms with Crippen molar-refractivity contribution in [2.75, 3.05) is 5.75 Å². The third kappa shape index (κ3) is 5.19. The molecule has 11 heteroatoms. The van der Waals surface area contributed by atoms with Crippen molar-refractivity contribution in [3.8, 4) is 5.69 Å². The Bertz CT molecular complexity index is 1310. The summed E-state index contributed by atoms with van der Waals surface area (Å²) in [5, 5.41) is 11.1. The highest BCUT2D eigenvalue weighted by Crippen LogP contribution is 2.32. The average molecular weight is 493 g/mol. The van der Waals surface area contributed by atoms with Gasteiger partial charge in [-0.1, -0.05) is 17.8 Å². The number of aromatic nitrogens is 4. The lowest BCUT2D eigenvalue weighted by atomic mass is 10.1. The van der Waals surface area contributed by atoms with Crippen molar-refractivity contribution in [2.24, 2.45) is 0 Å². The van der Waals surface area contributed by atoms with Gasteiger partial charge >= 0.3 is 6.18 Å². The highest BCUT2D eigenvalue weighted by atomic mass is 32.2. The summed E-state index contributed by atoms with van der Waals surface area (Å²) in [5.74, 6) is 0.295. The van der Waals surface area contributed by atoms with Gasteiger partial charge in [-0.25, -0.2) is 4.98 Å². The molecule has 172 valence electrons. The smallest absolute Gasteiger partial charge is 0.416 e. The maximum Gasteiger partial charge on any atom is 0.416 e. The fourth-order valence-electron chi connectivity index (χ4n) is 3.48. The molecule has 0 saturated heterocycles. The van der Waals surface area contributed by atoms with Gasteiger partial charge in [0.2, 0.25) is 5.89 Å². The summed E-state index contributed by atoms with van der Waals surface area (Å²) < 4.78 is 46.6. The summed E-state index contributed by atoms with van der Waals surface area (Å²) in [4.78, 5) is 17.2. The number of thiazole rings is 1. The minimum Gasteiger partial charge on any atom is -0.416 e. The molecule has 0 unspecified atom stereocenters. The molecular formula is C22H19F3N4O2S2. The third-order valence-electron chi connectivity index (χ3n) is 4.94. The van der Waals surface area contributed by atoms with E-state index in [-0.39, 0.29) is 16.8 Å². The van der Waals surface area contributed by atoms with Crippen LogP contribution in [0.25, 0.3) is 5.69 Å². The van der Waals surface area contributed by atoms with Gasteiger partial charge in [0.1, 0.15) is 0 Å². The number of aryl methyl sites for hydroxylation is 2. The predicted molar refractivity (Wildman–Crippen MR) is 119 cm³/mol. The molecular weight excluding hydrogens is 473 g/mol. The number of thioether (sulfide) groups is 1. The van der Waals surface area contributed by atoms with E-state index in [2.05, 4.69) is 15.2 Å². The SMILES string of the molecule is Cc1nc(Cc2nnc(SCC(=O)c3cc(C)n(-c4cccc(C(F)(F)F)c4)c3C)o2)cs1. The van der Waals surface area contributed by atoms with E-state index in [9.17, 15) is 18.0 Å². The first kappa shape index (κ1) is 23.2.